The number of hydrogen-bond acceptors (Lipinski definition) is 12. The lowest BCUT2D eigenvalue weighted by molar-refractivity contribution is -0.333. The largest absolute Gasteiger partial charge is 0.374 e. The molecule has 0 amide bonds. The molecular formula is C41H50O12. The van der Waals surface area contributed by atoms with Crippen LogP contribution in [0.25, 0.3) is 0 Å². The molecule has 5 aliphatic heterocycles. The maximum Gasteiger partial charge on any atom is 0.187 e. The quantitative estimate of drug-likeness (QED) is 0.269. The van der Waals surface area contributed by atoms with E-state index in [0.717, 1.165) is 16.7 Å². The summed E-state index contributed by atoms with van der Waals surface area (Å²) >= 11 is 0. The van der Waals surface area contributed by atoms with E-state index in [4.69, 9.17) is 52.1 Å². The Bertz CT molecular complexity index is 1610. The van der Waals surface area contributed by atoms with Crippen LogP contribution in [0.2, 0.25) is 0 Å². The molecule has 0 bridgehead atoms. The van der Waals surface area contributed by atoms with Crippen LogP contribution in [0.3, 0.4) is 0 Å². The zero-order valence-electron chi connectivity index (χ0n) is 30.6. The summed E-state index contributed by atoms with van der Waals surface area (Å²) in [7, 11) is 0. The Morgan fingerprint density at radius 2 is 1.36 bits per heavy atom. The Balaban J connectivity index is 1.02. The summed E-state index contributed by atoms with van der Waals surface area (Å²) in [4.78, 5) is 0. The smallest absolute Gasteiger partial charge is 0.187 e. The van der Waals surface area contributed by atoms with Crippen molar-refractivity contribution >= 4 is 0 Å². The van der Waals surface area contributed by atoms with Crippen LogP contribution in [0, 0.1) is 5.92 Å². The highest BCUT2D eigenvalue weighted by Crippen LogP contribution is 2.47. The van der Waals surface area contributed by atoms with Crippen LogP contribution in [0.4, 0.5) is 0 Å². The predicted octanol–water partition coefficient (Wildman–Crippen LogP) is 5.02. The molecule has 3 aromatic rings. The van der Waals surface area contributed by atoms with Crippen LogP contribution >= 0.6 is 0 Å². The third-order valence-electron chi connectivity index (χ3n) is 10.6. The Labute approximate surface area is 310 Å². The van der Waals surface area contributed by atoms with Crippen LogP contribution in [-0.2, 0) is 65.3 Å². The first-order chi connectivity index (χ1) is 25.7. The third kappa shape index (κ3) is 7.97. The highest BCUT2D eigenvalue weighted by atomic mass is 16.8. The van der Waals surface area contributed by atoms with E-state index in [1.165, 1.54) is 0 Å². The Kier molecular flexibility index (Phi) is 11.0. The molecular weight excluding hydrogens is 684 g/mol. The number of benzene rings is 3. The van der Waals surface area contributed by atoms with Crippen molar-refractivity contribution in [2.24, 2.45) is 5.92 Å². The van der Waals surface area contributed by atoms with Crippen molar-refractivity contribution < 1.29 is 57.2 Å². The summed E-state index contributed by atoms with van der Waals surface area (Å²) in [6.07, 6.45) is -7.28. The van der Waals surface area contributed by atoms with E-state index in [0.29, 0.717) is 13.2 Å². The maximum atomic E-state index is 10.7. The molecule has 12 heteroatoms. The van der Waals surface area contributed by atoms with Crippen molar-refractivity contribution in [1.82, 2.24) is 0 Å². The molecule has 0 radical (unpaired) electrons. The van der Waals surface area contributed by atoms with Gasteiger partial charge in [-0.15, -0.1) is 0 Å². The zero-order chi connectivity index (χ0) is 36.6. The fourth-order valence-electron chi connectivity index (χ4n) is 7.90. The molecule has 3 aromatic carbocycles. The van der Waals surface area contributed by atoms with Gasteiger partial charge in [-0.05, 0) is 31.9 Å². The van der Waals surface area contributed by atoms with E-state index in [9.17, 15) is 5.11 Å². The molecule has 6 unspecified atom stereocenters. The molecule has 13 atom stereocenters. The molecule has 286 valence electrons. The highest BCUT2D eigenvalue weighted by molar-refractivity contribution is 5.19. The average molecular weight is 735 g/mol. The summed E-state index contributed by atoms with van der Waals surface area (Å²) < 4.78 is 70.6. The van der Waals surface area contributed by atoms with Crippen LogP contribution in [0.5, 0.6) is 0 Å². The van der Waals surface area contributed by atoms with E-state index < -0.39 is 79.3 Å². The van der Waals surface area contributed by atoms with Gasteiger partial charge < -0.3 is 57.2 Å². The van der Waals surface area contributed by atoms with Crippen LogP contribution in [-0.4, -0.2) is 97.9 Å². The van der Waals surface area contributed by atoms with Gasteiger partial charge in [0, 0.05) is 11.5 Å². The van der Waals surface area contributed by atoms with E-state index in [-0.39, 0.29) is 25.7 Å². The van der Waals surface area contributed by atoms with E-state index >= 15 is 0 Å². The second-order valence-corrected chi connectivity index (χ2v) is 15.0. The predicted molar refractivity (Wildman–Crippen MR) is 188 cm³/mol. The lowest BCUT2D eigenvalue weighted by atomic mass is 9.94. The van der Waals surface area contributed by atoms with Crippen LogP contribution < -0.4 is 0 Å². The standard InChI is InChI=1S/C41H50O12/c1-25-31(48-39-35-41(24-46-39,23-43-20-27-14-8-5-9-15-27)53-38(50-35)29-18-12-7-13-19-29)30(44-21-28-16-10-6-11-17-28)22-45-37(25)49-32-26(2)47-36(42)34-33(32)51-40(3,4)52-34/h5-19,25-26,30-39,42H,20-24H2,1-4H3/t25?,26?,30-,31?,32+,33?,34?,35-,36-,37+,38+,39+,41?/m1/s1. The van der Waals surface area contributed by atoms with Crippen molar-refractivity contribution in [1.29, 1.82) is 0 Å². The van der Waals surface area contributed by atoms with Crippen molar-refractivity contribution in [2.75, 3.05) is 19.8 Å². The fourth-order valence-corrected chi connectivity index (χ4v) is 7.90. The first-order valence-corrected chi connectivity index (χ1v) is 18.6. The number of fused-ring (bicyclic) bond motifs is 2. The van der Waals surface area contributed by atoms with Gasteiger partial charge in [0.2, 0.25) is 0 Å². The number of aliphatic hydroxyl groups is 1. The summed E-state index contributed by atoms with van der Waals surface area (Å²) in [6.45, 7) is 8.90. The summed E-state index contributed by atoms with van der Waals surface area (Å²) in [5.41, 5.74) is 2.07. The zero-order valence-corrected chi connectivity index (χ0v) is 30.6. The van der Waals surface area contributed by atoms with Gasteiger partial charge in [-0.25, -0.2) is 0 Å². The monoisotopic (exact) mass is 734 g/mol. The molecule has 0 spiro atoms. The maximum absolute atomic E-state index is 10.7. The Morgan fingerprint density at radius 3 is 2.08 bits per heavy atom. The molecule has 53 heavy (non-hydrogen) atoms. The lowest BCUT2D eigenvalue weighted by Gasteiger charge is -2.45. The van der Waals surface area contributed by atoms with Gasteiger partial charge in [-0.2, -0.15) is 0 Å². The molecule has 0 saturated carbocycles. The van der Waals surface area contributed by atoms with Crippen LogP contribution in [0.1, 0.15) is 50.7 Å². The van der Waals surface area contributed by atoms with E-state index in [1.54, 1.807) is 0 Å². The Morgan fingerprint density at radius 1 is 0.717 bits per heavy atom. The molecule has 5 fully saturated rings. The SMILES string of the molecule is CC1C(O[C@@H]2OCC3(COCc4ccccc4)O[C@@H](c4ccccc4)O[C@H]23)[C@H](OCc2ccccc2)CO[C@H]1O[C@H]1C(C)O[C@@H](O)C2OC(C)(C)OC21. The molecule has 5 saturated heterocycles. The van der Waals surface area contributed by atoms with Crippen molar-refractivity contribution in [3.63, 3.8) is 0 Å². The molecule has 5 aliphatic rings. The molecule has 12 nitrogen and oxygen atoms in total. The van der Waals surface area contributed by atoms with Crippen LogP contribution in [0.15, 0.2) is 91.0 Å². The van der Waals surface area contributed by atoms with E-state index in [2.05, 4.69) is 0 Å². The van der Waals surface area contributed by atoms with Gasteiger partial charge in [-0.1, -0.05) is 97.9 Å². The third-order valence-corrected chi connectivity index (χ3v) is 10.6. The second-order valence-electron chi connectivity index (χ2n) is 15.0. The van der Waals surface area contributed by atoms with Crippen molar-refractivity contribution in [3.8, 4) is 0 Å². The summed E-state index contributed by atoms with van der Waals surface area (Å²) in [5, 5.41) is 10.7. The van der Waals surface area contributed by atoms with Gasteiger partial charge in [0.25, 0.3) is 0 Å². The van der Waals surface area contributed by atoms with Crippen molar-refractivity contribution in [2.45, 2.75) is 120 Å². The van der Waals surface area contributed by atoms with Crippen molar-refractivity contribution in [3.05, 3.63) is 108 Å². The minimum absolute atomic E-state index is 0.195. The first-order valence-electron chi connectivity index (χ1n) is 18.6. The highest BCUT2D eigenvalue weighted by Gasteiger charge is 2.61. The molecule has 5 heterocycles. The first kappa shape index (κ1) is 37.1. The van der Waals surface area contributed by atoms with Gasteiger partial charge in [0.15, 0.2) is 30.9 Å². The Hall–Kier alpha value is -2.82. The van der Waals surface area contributed by atoms with Gasteiger partial charge in [-0.3, -0.25) is 0 Å². The van der Waals surface area contributed by atoms with E-state index in [1.807, 2.05) is 119 Å². The number of hydrogen-bond donors (Lipinski definition) is 1. The molecule has 0 aliphatic carbocycles. The fraction of sp³-hybridized carbons (Fsp3) is 0.561. The number of ether oxygens (including phenoxy) is 11. The molecule has 0 aromatic heterocycles. The minimum Gasteiger partial charge on any atom is -0.374 e. The number of rotatable bonds is 12. The summed E-state index contributed by atoms with van der Waals surface area (Å²) in [6, 6.07) is 29.8. The lowest BCUT2D eigenvalue weighted by Crippen LogP contribution is -2.60. The van der Waals surface area contributed by atoms with Gasteiger partial charge >= 0.3 is 0 Å². The number of aliphatic hydroxyl groups excluding tert-OH is 1. The molecule has 8 rings (SSSR count). The van der Waals surface area contributed by atoms with Gasteiger partial charge in [0.1, 0.15) is 36.1 Å². The topological polar surface area (TPSA) is 122 Å². The minimum atomic E-state index is -1.14. The normalized spacial score (nSPS) is 39.1. The average Bonchev–Trinajstić information content (AvgIpc) is 3.81. The second kappa shape index (κ2) is 15.7. The molecule has 1 N–H and O–H groups in total. The van der Waals surface area contributed by atoms with Gasteiger partial charge in [0.05, 0.1) is 45.2 Å². The summed E-state index contributed by atoms with van der Waals surface area (Å²) in [5.74, 6) is -1.26.